The number of para-hydroxylation sites is 2. The van der Waals surface area contributed by atoms with Crippen LogP contribution in [0.15, 0.2) is 36.7 Å². The summed E-state index contributed by atoms with van der Waals surface area (Å²) in [4.78, 5) is 17.3. The Morgan fingerprint density at radius 2 is 2.15 bits per heavy atom. The van der Waals surface area contributed by atoms with Crippen LogP contribution < -0.4 is 14.8 Å². The second kappa shape index (κ2) is 6.80. The smallest absolute Gasteiger partial charge is 0.267 e. The van der Waals surface area contributed by atoms with Gasteiger partial charge in [0.15, 0.2) is 17.6 Å². The molecule has 1 atom stereocenters. The van der Waals surface area contributed by atoms with Crippen LogP contribution in [0.4, 0.5) is 5.69 Å². The number of thiazole rings is 1. The van der Waals surface area contributed by atoms with Crippen molar-refractivity contribution in [1.82, 2.24) is 14.8 Å². The summed E-state index contributed by atoms with van der Waals surface area (Å²) < 4.78 is 13.4. The Hall–Kier alpha value is -2.87. The number of nitrogens with zero attached hydrogens (tertiary/aromatic N) is 3. The molecular weight excluding hydrogens is 352 g/mol. The van der Waals surface area contributed by atoms with Gasteiger partial charge in [0.25, 0.3) is 5.91 Å². The predicted octanol–water partition coefficient (Wildman–Crippen LogP) is 3.05. The van der Waals surface area contributed by atoms with E-state index in [1.807, 2.05) is 38.1 Å². The van der Waals surface area contributed by atoms with Gasteiger partial charge in [0.2, 0.25) is 0 Å². The van der Waals surface area contributed by atoms with Gasteiger partial charge in [0.05, 0.1) is 29.1 Å². The topological polar surface area (TPSA) is 78.3 Å². The second-order valence-corrected chi connectivity index (χ2v) is 7.25. The standard InChI is InChI=1S/C18H18N4O3S/c1-11-17(26-12(2)20-11)18(23)21-13-7-19-22(8-13)9-14-10-24-15-5-3-4-6-16(15)25-14/h3-8,14H,9-10H2,1-2H3,(H,21,23). The molecule has 134 valence electrons. The molecule has 0 saturated carbocycles. The first-order valence-electron chi connectivity index (χ1n) is 8.25. The van der Waals surface area contributed by atoms with E-state index in [9.17, 15) is 4.79 Å². The number of ether oxygens (including phenoxy) is 2. The van der Waals surface area contributed by atoms with Crippen LogP contribution in [0.2, 0.25) is 0 Å². The lowest BCUT2D eigenvalue weighted by Gasteiger charge is -2.26. The van der Waals surface area contributed by atoms with E-state index >= 15 is 0 Å². The highest BCUT2D eigenvalue weighted by Crippen LogP contribution is 2.31. The van der Waals surface area contributed by atoms with Crippen molar-refractivity contribution in [3.05, 3.63) is 52.2 Å². The molecule has 0 bridgehead atoms. The lowest BCUT2D eigenvalue weighted by atomic mass is 10.2. The van der Waals surface area contributed by atoms with Crippen LogP contribution in [0.3, 0.4) is 0 Å². The molecule has 0 radical (unpaired) electrons. The highest BCUT2D eigenvalue weighted by molar-refractivity contribution is 7.13. The van der Waals surface area contributed by atoms with Crippen molar-refractivity contribution in [3.63, 3.8) is 0 Å². The third-order valence-corrected chi connectivity index (χ3v) is 5.03. The van der Waals surface area contributed by atoms with Crippen molar-refractivity contribution in [2.45, 2.75) is 26.5 Å². The Bertz CT molecular complexity index is 950. The van der Waals surface area contributed by atoms with Gasteiger partial charge in [-0.15, -0.1) is 11.3 Å². The number of rotatable bonds is 4. The molecule has 8 heteroatoms. The number of amides is 1. The van der Waals surface area contributed by atoms with Gasteiger partial charge in [0.1, 0.15) is 11.5 Å². The molecule has 1 aliphatic rings. The van der Waals surface area contributed by atoms with E-state index < -0.39 is 0 Å². The largest absolute Gasteiger partial charge is 0.486 e. The number of fused-ring (bicyclic) bond motifs is 1. The SMILES string of the molecule is Cc1nc(C)c(C(=O)Nc2cnn(CC3COc4ccccc4O3)c2)s1. The van der Waals surface area contributed by atoms with Crippen molar-refractivity contribution >= 4 is 22.9 Å². The number of hydrogen-bond donors (Lipinski definition) is 1. The zero-order valence-electron chi connectivity index (χ0n) is 14.4. The number of carbonyl (C=O) groups is 1. The van der Waals surface area contributed by atoms with Crippen LogP contribution in [0, 0.1) is 13.8 Å². The van der Waals surface area contributed by atoms with Gasteiger partial charge < -0.3 is 14.8 Å². The van der Waals surface area contributed by atoms with E-state index in [0.717, 1.165) is 22.2 Å². The van der Waals surface area contributed by atoms with E-state index in [0.29, 0.717) is 23.7 Å². The third-order valence-electron chi connectivity index (χ3n) is 3.96. The molecule has 1 aromatic carbocycles. The van der Waals surface area contributed by atoms with E-state index in [-0.39, 0.29) is 12.0 Å². The zero-order chi connectivity index (χ0) is 18.1. The fraction of sp³-hybridized carbons (Fsp3) is 0.278. The quantitative estimate of drug-likeness (QED) is 0.764. The van der Waals surface area contributed by atoms with Crippen molar-refractivity contribution in [2.24, 2.45) is 0 Å². The molecule has 0 aliphatic carbocycles. The molecule has 0 spiro atoms. The first-order chi connectivity index (χ1) is 12.6. The first kappa shape index (κ1) is 16.6. The summed E-state index contributed by atoms with van der Waals surface area (Å²) in [5.74, 6) is 1.33. The minimum Gasteiger partial charge on any atom is -0.486 e. The molecule has 1 unspecified atom stereocenters. The Kier molecular flexibility index (Phi) is 4.34. The van der Waals surface area contributed by atoms with Gasteiger partial charge in [-0.1, -0.05) is 12.1 Å². The maximum absolute atomic E-state index is 12.4. The van der Waals surface area contributed by atoms with Crippen molar-refractivity contribution in [1.29, 1.82) is 0 Å². The Morgan fingerprint density at radius 1 is 1.35 bits per heavy atom. The molecule has 0 saturated heterocycles. The summed E-state index contributed by atoms with van der Waals surface area (Å²) in [6.45, 7) is 4.71. The molecule has 4 rings (SSSR count). The molecular formula is C18H18N4O3S. The van der Waals surface area contributed by atoms with Crippen LogP contribution in [0.25, 0.3) is 0 Å². The number of benzene rings is 1. The van der Waals surface area contributed by atoms with Crippen LogP contribution in [0.1, 0.15) is 20.4 Å². The minimum atomic E-state index is -0.168. The average Bonchev–Trinajstić information content (AvgIpc) is 3.20. The van der Waals surface area contributed by atoms with Crippen molar-refractivity contribution in [2.75, 3.05) is 11.9 Å². The molecule has 3 aromatic rings. The number of aryl methyl sites for hydroxylation is 2. The number of hydrogen-bond acceptors (Lipinski definition) is 6. The number of carbonyl (C=O) groups excluding carboxylic acids is 1. The van der Waals surface area contributed by atoms with Crippen LogP contribution in [-0.4, -0.2) is 33.4 Å². The van der Waals surface area contributed by atoms with Crippen molar-refractivity contribution in [3.8, 4) is 11.5 Å². The van der Waals surface area contributed by atoms with E-state index in [2.05, 4.69) is 15.4 Å². The van der Waals surface area contributed by atoms with E-state index in [4.69, 9.17) is 9.47 Å². The van der Waals surface area contributed by atoms with Gasteiger partial charge in [-0.25, -0.2) is 4.98 Å². The fourth-order valence-electron chi connectivity index (χ4n) is 2.82. The lowest BCUT2D eigenvalue weighted by Crippen LogP contribution is -2.33. The van der Waals surface area contributed by atoms with Gasteiger partial charge >= 0.3 is 0 Å². The van der Waals surface area contributed by atoms with E-state index in [1.54, 1.807) is 17.1 Å². The summed E-state index contributed by atoms with van der Waals surface area (Å²) >= 11 is 1.38. The fourth-order valence-corrected chi connectivity index (χ4v) is 3.63. The Morgan fingerprint density at radius 3 is 2.92 bits per heavy atom. The monoisotopic (exact) mass is 370 g/mol. The van der Waals surface area contributed by atoms with Gasteiger partial charge in [-0.3, -0.25) is 9.48 Å². The molecule has 1 amide bonds. The summed E-state index contributed by atoms with van der Waals surface area (Å²) in [6, 6.07) is 7.60. The molecule has 1 N–H and O–H groups in total. The number of nitrogens with one attached hydrogen (secondary N) is 1. The summed E-state index contributed by atoms with van der Waals surface area (Å²) in [5, 5.41) is 8.03. The van der Waals surface area contributed by atoms with Gasteiger partial charge in [-0.2, -0.15) is 5.10 Å². The predicted molar refractivity (Wildman–Crippen MR) is 98.1 cm³/mol. The molecule has 7 nitrogen and oxygen atoms in total. The van der Waals surface area contributed by atoms with Gasteiger partial charge in [0, 0.05) is 6.20 Å². The summed E-state index contributed by atoms with van der Waals surface area (Å²) in [6.07, 6.45) is 3.27. The zero-order valence-corrected chi connectivity index (χ0v) is 15.2. The maximum Gasteiger partial charge on any atom is 0.267 e. The highest BCUT2D eigenvalue weighted by Gasteiger charge is 2.21. The van der Waals surface area contributed by atoms with Crippen LogP contribution in [-0.2, 0) is 6.54 Å². The molecule has 3 heterocycles. The Balaban J connectivity index is 1.39. The van der Waals surface area contributed by atoms with Crippen molar-refractivity contribution < 1.29 is 14.3 Å². The summed E-state index contributed by atoms with van der Waals surface area (Å²) in [7, 11) is 0. The number of anilines is 1. The molecule has 1 aliphatic heterocycles. The maximum atomic E-state index is 12.4. The van der Waals surface area contributed by atoms with Crippen LogP contribution in [0.5, 0.6) is 11.5 Å². The van der Waals surface area contributed by atoms with Crippen LogP contribution >= 0.6 is 11.3 Å². The first-order valence-corrected chi connectivity index (χ1v) is 9.06. The molecule has 0 fully saturated rings. The normalized spacial score (nSPS) is 15.7. The lowest BCUT2D eigenvalue weighted by molar-refractivity contribution is 0.0759. The third kappa shape index (κ3) is 3.41. The van der Waals surface area contributed by atoms with Gasteiger partial charge in [-0.05, 0) is 26.0 Å². The molecule has 26 heavy (non-hydrogen) atoms. The second-order valence-electron chi connectivity index (χ2n) is 6.05. The molecule has 2 aromatic heterocycles. The minimum absolute atomic E-state index is 0.139. The average molecular weight is 370 g/mol. The van der Waals surface area contributed by atoms with E-state index in [1.165, 1.54) is 11.3 Å². The highest BCUT2D eigenvalue weighted by atomic mass is 32.1. The number of aromatic nitrogens is 3. The Labute approximate surface area is 154 Å². The summed E-state index contributed by atoms with van der Waals surface area (Å²) in [5.41, 5.74) is 1.38.